The van der Waals surface area contributed by atoms with Crippen LogP contribution in [0.3, 0.4) is 0 Å². The van der Waals surface area contributed by atoms with Crippen molar-refractivity contribution in [2.24, 2.45) is 5.92 Å². The fourth-order valence-electron chi connectivity index (χ4n) is 3.09. The van der Waals surface area contributed by atoms with E-state index in [4.69, 9.17) is 14.2 Å². The minimum atomic E-state index is -0.279. The number of anilines is 1. The fraction of sp³-hybridized carbons (Fsp3) is 0.333. The van der Waals surface area contributed by atoms with Crippen LogP contribution < -0.4 is 19.5 Å². The summed E-state index contributed by atoms with van der Waals surface area (Å²) >= 11 is 0. The Morgan fingerprint density at radius 3 is 2.71 bits per heavy atom. The lowest BCUT2D eigenvalue weighted by atomic mass is 10.2. The molecule has 28 heavy (non-hydrogen) atoms. The minimum absolute atomic E-state index is 0.279. The molecule has 1 aliphatic carbocycles. The largest absolute Gasteiger partial charge is 0.494 e. The lowest BCUT2D eigenvalue weighted by Gasteiger charge is -2.09. The Labute approximate surface area is 163 Å². The molecule has 0 spiro atoms. The third-order valence-corrected chi connectivity index (χ3v) is 4.90. The molecule has 7 heteroatoms. The van der Waals surface area contributed by atoms with Gasteiger partial charge in [-0.25, -0.2) is 0 Å². The summed E-state index contributed by atoms with van der Waals surface area (Å²) < 4.78 is 16.3. The summed E-state index contributed by atoms with van der Waals surface area (Å²) in [4.78, 5) is 12.6. The van der Waals surface area contributed by atoms with Gasteiger partial charge in [-0.1, -0.05) is 12.8 Å². The molecule has 0 radical (unpaired) electrons. The molecule has 3 aromatic rings. The Kier molecular flexibility index (Phi) is 5.06. The highest BCUT2D eigenvalue weighted by atomic mass is 16.5. The number of benzene rings is 2. The van der Waals surface area contributed by atoms with Gasteiger partial charge in [0, 0.05) is 17.0 Å². The number of nitrogens with one attached hydrogen (secondary N) is 2. The van der Waals surface area contributed by atoms with Gasteiger partial charge in [0.25, 0.3) is 5.91 Å². The van der Waals surface area contributed by atoms with Crippen molar-refractivity contribution >= 4 is 22.6 Å². The van der Waals surface area contributed by atoms with Crippen LogP contribution in [0.5, 0.6) is 17.2 Å². The number of methoxy groups -OCH3 is 2. The number of hydrogen-bond acceptors (Lipinski definition) is 5. The Hall–Kier alpha value is -3.22. The lowest BCUT2D eigenvalue weighted by Crippen LogP contribution is -2.12. The van der Waals surface area contributed by atoms with E-state index in [1.807, 2.05) is 18.2 Å². The van der Waals surface area contributed by atoms with Crippen LogP contribution in [0.2, 0.25) is 0 Å². The molecule has 7 nitrogen and oxygen atoms in total. The van der Waals surface area contributed by atoms with Crippen LogP contribution in [-0.2, 0) is 0 Å². The van der Waals surface area contributed by atoms with E-state index in [1.165, 1.54) is 20.0 Å². The van der Waals surface area contributed by atoms with Crippen molar-refractivity contribution in [3.8, 4) is 17.2 Å². The van der Waals surface area contributed by atoms with Gasteiger partial charge >= 0.3 is 0 Å². The first-order valence-electron chi connectivity index (χ1n) is 9.32. The van der Waals surface area contributed by atoms with E-state index >= 15 is 0 Å². The molecule has 4 rings (SSSR count). The number of amides is 1. The van der Waals surface area contributed by atoms with Crippen molar-refractivity contribution in [1.29, 1.82) is 0 Å². The number of carbonyl (C=O) groups excluding carboxylic acids is 1. The normalized spacial score (nSPS) is 13.4. The number of nitrogens with zero attached hydrogens (tertiary/aromatic N) is 1. The maximum Gasteiger partial charge on any atom is 0.257 e. The highest BCUT2D eigenvalue weighted by Crippen LogP contribution is 2.33. The zero-order chi connectivity index (χ0) is 19.5. The Morgan fingerprint density at radius 2 is 1.96 bits per heavy atom. The predicted octanol–water partition coefficient (Wildman–Crippen LogP) is 4.01. The number of H-pyrrole nitrogens is 1. The molecule has 1 aromatic heterocycles. The second kappa shape index (κ2) is 7.80. The molecule has 2 N–H and O–H groups in total. The molecule has 1 saturated carbocycles. The third-order valence-electron chi connectivity index (χ3n) is 4.90. The first-order valence-corrected chi connectivity index (χ1v) is 9.32. The van der Waals surface area contributed by atoms with Crippen LogP contribution in [0, 0.1) is 5.92 Å². The van der Waals surface area contributed by atoms with Crippen molar-refractivity contribution in [2.75, 3.05) is 26.1 Å². The van der Waals surface area contributed by atoms with Gasteiger partial charge < -0.3 is 19.5 Å². The van der Waals surface area contributed by atoms with Gasteiger partial charge in [0.1, 0.15) is 5.75 Å². The van der Waals surface area contributed by atoms with E-state index in [0.717, 1.165) is 35.6 Å². The van der Waals surface area contributed by atoms with Crippen LogP contribution in [-0.4, -0.2) is 36.9 Å². The Morgan fingerprint density at radius 1 is 1.14 bits per heavy atom. The molecule has 0 aliphatic heterocycles. The van der Waals surface area contributed by atoms with E-state index in [1.54, 1.807) is 25.3 Å². The summed E-state index contributed by atoms with van der Waals surface area (Å²) in [5, 5.41) is 10.8. The highest BCUT2D eigenvalue weighted by molar-refractivity contribution is 6.08. The number of hydrogen-bond donors (Lipinski definition) is 2. The van der Waals surface area contributed by atoms with Gasteiger partial charge in [-0.05, 0) is 42.7 Å². The van der Waals surface area contributed by atoms with Crippen molar-refractivity contribution < 1.29 is 19.0 Å². The van der Waals surface area contributed by atoms with E-state index in [0.29, 0.717) is 22.9 Å². The van der Waals surface area contributed by atoms with Gasteiger partial charge in [-0.3, -0.25) is 9.89 Å². The first kappa shape index (κ1) is 18.2. The van der Waals surface area contributed by atoms with Crippen LogP contribution in [0.15, 0.2) is 36.4 Å². The zero-order valence-electron chi connectivity index (χ0n) is 16.0. The van der Waals surface area contributed by atoms with Crippen molar-refractivity contribution in [2.45, 2.75) is 19.3 Å². The predicted molar refractivity (Wildman–Crippen MR) is 106 cm³/mol. The van der Waals surface area contributed by atoms with Gasteiger partial charge in [0.2, 0.25) is 0 Å². The maximum absolute atomic E-state index is 12.6. The highest BCUT2D eigenvalue weighted by Gasteiger charge is 2.20. The standard InChI is InChI=1S/C21H23N3O4/c1-26-18-8-5-14(11-19(18)27-2)21(25)22-20-16-7-6-15(12-17(16)23-24-20)28-10-9-13-3-4-13/h5-8,11-13H,3-4,9-10H2,1-2H3,(H2,22,23,24,25). The minimum Gasteiger partial charge on any atom is -0.494 e. The monoisotopic (exact) mass is 381 g/mol. The number of aromatic amines is 1. The zero-order valence-corrected chi connectivity index (χ0v) is 16.0. The van der Waals surface area contributed by atoms with Gasteiger partial charge in [0.15, 0.2) is 17.3 Å². The van der Waals surface area contributed by atoms with Crippen molar-refractivity contribution in [3.63, 3.8) is 0 Å². The van der Waals surface area contributed by atoms with Crippen molar-refractivity contribution in [3.05, 3.63) is 42.0 Å². The van der Waals surface area contributed by atoms with E-state index in [9.17, 15) is 4.79 Å². The number of carbonyl (C=O) groups is 1. The average Bonchev–Trinajstić information content (AvgIpc) is 3.47. The van der Waals surface area contributed by atoms with E-state index < -0.39 is 0 Å². The SMILES string of the molecule is COc1ccc(C(=O)Nc2n[nH]c3cc(OCCC4CC4)ccc23)cc1OC. The molecule has 0 saturated heterocycles. The molecule has 1 aliphatic rings. The Balaban J connectivity index is 1.47. The third kappa shape index (κ3) is 3.88. The quantitative estimate of drug-likeness (QED) is 0.616. The summed E-state index contributed by atoms with van der Waals surface area (Å²) in [5.74, 6) is 2.90. The number of rotatable bonds is 8. The molecule has 0 bridgehead atoms. The molecule has 0 unspecified atom stereocenters. The fourth-order valence-corrected chi connectivity index (χ4v) is 3.09. The summed E-state index contributed by atoms with van der Waals surface area (Å²) in [6.45, 7) is 0.729. The second-order valence-electron chi connectivity index (χ2n) is 6.88. The molecule has 1 heterocycles. The molecule has 1 fully saturated rings. The lowest BCUT2D eigenvalue weighted by molar-refractivity contribution is 0.102. The number of ether oxygens (including phenoxy) is 3. The van der Waals surface area contributed by atoms with Gasteiger partial charge in [0.05, 0.1) is 26.3 Å². The maximum atomic E-state index is 12.6. The van der Waals surface area contributed by atoms with Crippen LogP contribution in [0.4, 0.5) is 5.82 Å². The smallest absolute Gasteiger partial charge is 0.257 e. The average molecular weight is 381 g/mol. The summed E-state index contributed by atoms with van der Waals surface area (Å²) in [6.07, 6.45) is 3.76. The number of aromatic nitrogens is 2. The molecule has 2 aromatic carbocycles. The number of fused-ring (bicyclic) bond motifs is 1. The summed E-state index contributed by atoms with van der Waals surface area (Å²) in [6, 6.07) is 10.7. The van der Waals surface area contributed by atoms with Crippen LogP contribution in [0.25, 0.3) is 10.9 Å². The van der Waals surface area contributed by atoms with Crippen LogP contribution in [0.1, 0.15) is 29.6 Å². The molecule has 1 amide bonds. The van der Waals surface area contributed by atoms with E-state index in [2.05, 4.69) is 15.5 Å². The van der Waals surface area contributed by atoms with Crippen molar-refractivity contribution in [1.82, 2.24) is 10.2 Å². The van der Waals surface area contributed by atoms with E-state index in [-0.39, 0.29) is 5.91 Å². The summed E-state index contributed by atoms with van der Waals surface area (Å²) in [7, 11) is 3.09. The topological polar surface area (TPSA) is 85.5 Å². The molecular formula is C21H23N3O4. The Bertz CT molecular complexity index is 994. The first-order chi connectivity index (χ1) is 13.7. The molecule has 0 atom stereocenters. The molecule has 146 valence electrons. The van der Waals surface area contributed by atoms with Gasteiger partial charge in [-0.2, -0.15) is 5.10 Å². The summed E-state index contributed by atoms with van der Waals surface area (Å²) in [5.41, 5.74) is 1.26. The second-order valence-corrected chi connectivity index (χ2v) is 6.88. The van der Waals surface area contributed by atoms with Crippen LogP contribution >= 0.6 is 0 Å². The van der Waals surface area contributed by atoms with Gasteiger partial charge in [-0.15, -0.1) is 0 Å². The molecular weight excluding hydrogens is 358 g/mol.